The molecule has 2 aromatic carbocycles. The SMILES string of the molecule is COCCCC(NC(=O)OCC1c2ccccc2-c2ccccc21)C(=O)N1CCSC(C(=O)O)C1. The Balaban J connectivity index is 1.41. The Hall–Kier alpha value is -3.04. The fourth-order valence-electron chi connectivity index (χ4n) is 4.69. The predicted octanol–water partition coefficient (Wildman–Crippen LogP) is 3.35. The van der Waals surface area contributed by atoms with E-state index in [1.165, 1.54) is 16.7 Å². The van der Waals surface area contributed by atoms with Crippen LogP contribution in [0.2, 0.25) is 0 Å². The molecule has 2 N–H and O–H groups in total. The van der Waals surface area contributed by atoms with Gasteiger partial charge in [-0.25, -0.2) is 4.79 Å². The summed E-state index contributed by atoms with van der Waals surface area (Å²) < 4.78 is 10.7. The lowest BCUT2D eigenvalue weighted by molar-refractivity contribution is -0.138. The van der Waals surface area contributed by atoms with E-state index >= 15 is 0 Å². The van der Waals surface area contributed by atoms with Crippen molar-refractivity contribution in [3.05, 3.63) is 59.7 Å². The fourth-order valence-corrected chi connectivity index (χ4v) is 5.73. The molecule has 1 aliphatic carbocycles. The molecule has 0 aromatic heterocycles. The lowest BCUT2D eigenvalue weighted by atomic mass is 9.98. The van der Waals surface area contributed by atoms with Gasteiger partial charge in [-0.3, -0.25) is 9.59 Å². The van der Waals surface area contributed by atoms with Gasteiger partial charge in [0.1, 0.15) is 17.9 Å². The average molecular weight is 499 g/mol. The Morgan fingerprint density at radius 3 is 2.40 bits per heavy atom. The van der Waals surface area contributed by atoms with E-state index in [4.69, 9.17) is 9.47 Å². The second-order valence-corrected chi connectivity index (χ2v) is 9.95. The first-order valence-electron chi connectivity index (χ1n) is 11.7. The molecule has 9 heteroatoms. The summed E-state index contributed by atoms with van der Waals surface area (Å²) in [5.41, 5.74) is 4.50. The minimum absolute atomic E-state index is 0.0776. The molecule has 0 bridgehead atoms. The number of carbonyl (C=O) groups excluding carboxylic acids is 2. The maximum absolute atomic E-state index is 13.2. The first-order valence-corrected chi connectivity index (χ1v) is 12.8. The molecule has 1 aliphatic heterocycles. The summed E-state index contributed by atoms with van der Waals surface area (Å²) in [7, 11) is 1.58. The molecular formula is C26H30N2O6S. The van der Waals surface area contributed by atoms with Crippen LogP contribution in [0.4, 0.5) is 4.79 Å². The molecule has 2 unspecified atom stereocenters. The molecule has 4 rings (SSSR count). The van der Waals surface area contributed by atoms with E-state index in [-0.39, 0.29) is 25.0 Å². The van der Waals surface area contributed by atoms with Gasteiger partial charge in [-0.05, 0) is 35.1 Å². The first kappa shape index (κ1) is 25.1. The zero-order chi connectivity index (χ0) is 24.8. The number of amides is 2. The minimum atomic E-state index is -0.937. The molecule has 2 aromatic rings. The van der Waals surface area contributed by atoms with Crippen LogP contribution in [0.15, 0.2) is 48.5 Å². The molecule has 186 valence electrons. The van der Waals surface area contributed by atoms with Gasteiger partial charge in [0.25, 0.3) is 0 Å². The van der Waals surface area contributed by atoms with Gasteiger partial charge < -0.3 is 24.8 Å². The van der Waals surface area contributed by atoms with Gasteiger partial charge in [0.15, 0.2) is 0 Å². The Labute approximate surface area is 209 Å². The van der Waals surface area contributed by atoms with Gasteiger partial charge >= 0.3 is 12.1 Å². The lowest BCUT2D eigenvalue weighted by Crippen LogP contribution is -2.53. The molecule has 1 fully saturated rings. The number of alkyl carbamates (subject to hydrolysis) is 1. The van der Waals surface area contributed by atoms with Crippen LogP contribution in [-0.4, -0.2) is 78.4 Å². The summed E-state index contributed by atoms with van der Waals surface area (Å²) >= 11 is 1.33. The quantitative estimate of drug-likeness (QED) is 0.511. The van der Waals surface area contributed by atoms with Crippen LogP contribution in [-0.2, 0) is 19.1 Å². The predicted molar refractivity (Wildman–Crippen MR) is 134 cm³/mol. The van der Waals surface area contributed by atoms with Gasteiger partial charge in [-0.15, -0.1) is 11.8 Å². The number of carboxylic acid groups (broad SMARTS) is 1. The third-order valence-electron chi connectivity index (χ3n) is 6.43. The number of nitrogens with one attached hydrogen (secondary N) is 1. The summed E-state index contributed by atoms with van der Waals surface area (Å²) in [4.78, 5) is 38.9. The summed E-state index contributed by atoms with van der Waals surface area (Å²) in [5.74, 6) is -0.765. The van der Waals surface area contributed by atoms with Gasteiger partial charge in [-0.1, -0.05) is 48.5 Å². The molecule has 0 radical (unpaired) electrons. The smallest absolute Gasteiger partial charge is 0.407 e. The maximum Gasteiger partial charge on any atom is 0.407 e. The average Bonchev–Trinajstić information content (AvgIpc) is 3.20. The Bertz CT molecular complexity index is 1030. The largest absolute Gasteiger partial charge is 0.480 e. The second-order valence-electron chi connectivity index (χ2n) is 8.64. The van der Waals surface area contributed by atoms with Crippen molar-refractivity contribution in [2.45, 2.75) is 30.1 Å². The highest BCUT2D eigenvalue weighted by molar-refractivity contribution is 8.00. The van der Waals surface area contributed by atoms with Crippen molar-refractivity contribution >= 4 is 29.7 Å². The highest BCUT2D eigenvalue weighted by Gasteiger charge is 2.34. The molecular weight excluding hydrogens is 468 g/mol. The number of rotatable bonds is 9. The van der Waals surface area contributed by atoms with Gasteiger partial charge in [0, 0.05) is 38.5 Å². The number of thioether (sulfide) groups is 1. The third kappa shape index (κ3) is 5.79. The number of benzene rings is 2. The molecule has 0 spiro atoms. The summed E-state index contributed by atoms with van der Waals surface area (Å²) in [6.45, 7) is 1.16. The lowest BCUT2D eigenvalue weighted by Gasteiger charge is -2.33. The van der Waals surface area contributed by atoms with Gasteiger partial charge in [0.2, 0.25) is 5.91 Å². The summed E-state index contributed by atoms with van der Waals surface area (Å²) in [6.07, 6.45) is 0.281. The molecule has 2 amide bonds. The summed E-state index contributed by atoms with van der Waals surface area (Å²) in [5, 5.41) is 11.4. The first-order chi connectivity index (χ1) is 17.0. The number of carbonyl (C=O) groups is 3. The molecule has 35 heavy (non-hydrogen) atoms. The molecule has 2 atom stereocenters. The Kier molecular flexibility index (Phi) is 8.30. The molecule has 2 aliphatic rings. The number of hydrogen-bond acceptors (Lipinski definition) is 6. The van der Waals surface area contributed by atoms with Crippen molar-refractivity contribution in [2.75, 3.05) is 39.2 Å². The van der Waals surface area contributed by atoms with E-state index < -0.39 is 23.4 Å². The molecule has 0 saturated carbocycles. The van der Waals surface area contributed by atoms with Crippen LogP contribution in [0, 0.1) is 0 Å². The van der Waals surface area contributed by atoms with Gasteiger partial charge in [-0.2, -0.15) is 0 Å². The van der Waals surface area contributed by atoms with E-state index in [9.17, 15) is 19.5 Å². The standard InChI is InChI=1S/C26H30N2O6S/c1-33-13-6-11-22(24(29)28-12-14-35-23(15-28)25(30)31)27-26(32)34-16-21-19-9-4-2-7-17(19)18-8-3-5-10-20(18)21/h2-5,7-10,21-23H,6,11-16H2,1H3,(H,27,32)(H,30,31). The highest BCUT2D eigenvalue weighted by atomic mass is 32.2. The topological polar surface area (TPSA) is 105 Å². The second kappa shape index (κ2) is 11.6. The molecule has 8 nitrogen and oxygen atoms in total. The van der Waals surface area contributed by atoms with E-state index in [1.807, 2.05) is 36.4 Å². The van der Waals surface area contributed by atoms with Crippen molar-refractivity contribution < 1.29 is 29.0 Å². The third-order valence-corrected chi connectivity index (χ3v) is 7.60. The molecule has 1 saturated heterocycles. The number of aliphatic carboxylic acids is 1. The number of carboxylic acids is 1. The Morgan fingerprint density at radius 2 is 1.77 bits per heavy atom. The zero-order valence-electron chi connectivity index (χ0n) is 19.6. The van der Waals surface area contributed by atoms with Crippen molar-refractivity contribution in [3.63, 3.8) is 0 Å². The minimum Gasteiger partial charge on any atom is -0.480 e. The van der Waals surface area contributed by atoms with Crippen molar-refractivity contribution in [2.24, 2.45) is 0 Å². The normalized spacial score (nSPS) is 17.9. The van der Waals surface area contributed by atoms with Crippen molar-refractivity contribution in [1.82, 2.24) is 10.2 Å². The number of methoxy groups -OCH3 is 1. The maximum atomic E-state index is 13.2. The van der Waals surface area contributed by atoms with Crippen LogP contribution in [0.25, 0.3) is 11.1 Å². The van der Waals surface area contributed by atoms with Crippen LogP contribution in [0.3, 0.4) is 0 Å². The van der Waals surface area contributed by atoms with Gasteiger partial charge in [0.05, 0.1) is 0 Å². The van der Waals surface area contributed by atoms with Crippen molar-refractivity contribution in [3.8, 4) is 11.1 Å². The van der Waals surface area contributed by atoms with E-state index in [1.54, 1.807) is 7.11 Å². The van der Waals surface area contributed by atoms with E-state index in [0.717, 1.165) is 22.3 Å². The Morgan fingerprint density at radius 1 is 1.11 bits per heavy atom. The van der Waals surface area contributed by atoms with E-state index in [2.05, 4.69) is 17.4 Å². The monoisotopic (exact) mass is 498 g/mol. The summed E-state index contributed by atoms with van der Waals surface area (Å²) in [6, 6.07) is 15.4. The van der Waals surface area contributed by atoms with Crippen LogP contribution < -0.4 is 5.32 Å². The number of hydrogen-bond donors (Lipinski definition) is 2. The number of nitrogens with zero attached hydrogens (tertiary/aromatic N) is 1. The number of fused-ring (bicyclic) bond motifs is 3. The fraction of sp³-hybridized carbons (Fsp3) is 0.423. The van der Waals surface area contributed by atoms with Crippen LogP contribution in [0.1, 0.15) is 29.9 Å². The zero-order valence-corrected chi connectivity index (χ0v) is 20.5. The van der Waals surface area contributed by atoms with E-state index in [0.29, 0.717) is 31.7 Å². The highest BCUT2D eigenvalue weighted by Crippen LogP contribution is 2.44. The van der Waals surface area contributed by atoms with Crippen LogP contribution >= 0.6 is 11.8 Å². The van der Waals surface area contributed by atoms with Crippen LogP contribution in [0.5, 0.6) is 0 Å². The molecule has 1 heterocycles. The van der Waals surface area contributed by atoms with Crippen molar-refractivity contribution in [1.29, 1.82) is 0 Å². The number of ether oxygens (including phenoxy) is 2.